The summed E-state index contributed by atoms with van der Waals surface area (Å²) in [6, 6.07) is 7.36. The van der Waals surface area contributed by atoms with E-state index in [2.05, 4.69) is 15.9 Å². The van der Waals surface area contributed by atoms with E-state index in [1.807, 2.05) is 25.1 Å². The standard InChI is InChI=1S/C13H16BrNO2/c1-9-5-6-15(8-12(9)16)13(17)10-3-2-4-11(14)7-10/h2-4,7,9,12,16H,5-6,8H2,1H3. The summed E-state index contributed by atoms with van der Waals surface area (Å²) < 4.78 is 0.897. The molecule has 2 rings (SSSR count). The molecule has 1 heterocycles. The van der Waals surface area contributed by atoms with E-state index in [1.165, 1.54) is 0 Å². The highest BCUT2D eigenvalue weighted by atomic mass is 79.9. The molecule has 1 aromatic rings. The number of hydrogen-bond acceptors (Lipinski definition) is 2. The van der Waals surface area contributed by atoms with Crippen LogP contribution in [0.5, 0.6) is 0 Å². The van der Waals surface area contributed by atoms with Crippen LogP contribution in [0.2, 0.25) is 0 Å². The normalized spacial score (nSPS) is 24.8. The van der Waals surface area contributed by atoms with Crippen molar-refractivity contribution >= 4 is 21.8 Å². The largest absolute Gasteiger partial charge is 0.391 e. The summed E-state index contributed by atoms with van der Waals surface area (Å²) in [6.07, 6.45) is 0.459. The Morgan fingerprint density at radius 3 is 2.94 bits per heavy atom. The number of halogens is 1. The zero-order valence-corrected chi connectivity index (χ0v) is 11.4. The first-order valence-corrected chi connectivity index (χ1v) is 6.60. The SMILES string of the molecule is CC1CCN(C(=O)c2cccc(Br)c2)CC1O. The Bertz CT molecular complexity index is 422. The Hall–Kier alpha value is -0.870. The monoisotopic (exact) mass is 297 g/mol. The Kier molecular flexibility index (Phi) is 3.84. The first kappa shape index (κ1) is 12.6. The van der Waals surface area contributed by atoms with Gasteiger partial charge in [-0.15, -0.1) is 0 Å². The lowest BCUT2D eigenvalue weighted by molar-refractivity contribution is 0.0248. The molecule has 0 saturated carbocycles. The average molecular weight is 298 g/mol. The number of benzene rings is 1. The van der Waals surface area contributed by atoms with Crippen LogP contribution >= 0.6 is 15.9 Å². The van der Waals surface area contributed by atoms with Gasteiger partial charge >= 0.3 is 0 Å². The molecule has 0 radical (unpaired) electrons. The molecule has 1 amide bonds. The first-order chi connectivity index (χ1) is 8.08. The Morgan fingerprint density at radius 1 is 1.53 bits per heavy atom. The van der Waals surface area contributed by atoms with Crippen molar-refractivity contribution in [3.63, 3.8) is 0 Å². The minimum atomic E-state index is -0.403. The number of aliphatic hydroxyl groups is 1. The van der Waals surface area contributed by atoms with Gasteiger partial charge in [0.1, 0.15) is 0 Å². The smallest absolute Gasteiger partial charge is 0.253 e. The van der Waals surface area contributed by atoms with Gasteiger partial charge in [-0.25, -0.2) is 0 Å². The minimum Gasteiger partial charge on any atom is -0.391 e. The molecule has 1 aliphatic heterocycles. The number of piperidine rings is 1. The van der Waals surface area contributed by atoms with Crippen molar-refractivity contribution in [1.82, 2.24) is 4.90 Å². The van der Waals surface area contributed by atoms with Gasteiger partial charge in [0.2, 0.25) is 0 Å². The number of carbonyl (C=O) groups excluding carboxylic acids is 1. The number of hydrogen-bond donors (Lipinski definition) is 1. The summed E-state index contributed by atoms with van der Waals surface area (Å²) in [4.78, 5) is 13.9. The van der Waals surface area contributed by atoms with Crippen molar-refractivity contribution in [2.75, 3.05) is 13.1 Å². The molecule has 0 aliphatic carbocycles. The van der Waals surface area contributed by atoms with Crippen LogP contribution in [-0.2, 0) is 0 Å². The van der Waals surface area contributed by atoms with E-state index in [9.17, 15) is 9.90 Å². The zero-order valence-electron chi connectivity index (χ0n) is 9.77. The number of amides is 1. The summed E-state index contributed by atoms with van der Waals surface area (Å²) in [5.41, 5.74) is 0.668. The van der Waals surface area contributed by atoms with Crippen molar-refractivity contribution < 1.29 is 9.90 Å². The van der Waals surface area contributed by atoms with Gasteiger partial charge < -0.3 is 10.0 Å². The van der Waals surface area contributed by atoms with Gasteiger partial charge in [0.05, 0.1) is 6.10 Å². The molecule has 0 aromatic heterocycles. The van der Waals surface area contributed by atoms with E-state index in [0.717, 1.165) is 17.4 Å². The lowest BCUT2D eigenvalue weighted by Crippen LogP contribution is -2.45. The second-order valence-corrected chi connectivity index (χ2v) is 5.51. The minimum absolute atomic E-state index is 0.00255. The predicted molar refractivity (Wildman–Crippen MR) is 69.8 cm³/mol. The van der Waals surface area contributed by atoms with Crippen LogP contribution in [0.15, 0.2) is 28.7 Å². The summed E-state index contributed by atoms with van der Waals surface area (Å²) in [6.45, 7) is 3.18. The van der Waals surface area contributed by atoms with Crippen LogP contribution in [0.25, 0.3) is 0 Å². The fraction of sp³-hybridized carbons (Fsp3) is 0.462. The lowest BCUT2D eigenvalue weighted by atomic mass is 9.95. The first-order valence-electron chi connectivity index (χ1n) is 5.81. The number of nitrogens with zero attached hydrogens (tertiary/aromatic N) is 1. The van der Waals surface area contributed by atoms with Crippen molar-refractivity contribution in [2.24, 2.45) is 5.92 Å². The lowest BCUT2D eigenvalue weighted by Gasteiger charge is -2.34. The van der Waals surface area contributed by atoms with Crippen LogP contribution in [-0.4, -0.2) is 35.1 Å². The van der Waals surface area contributed by atoms with Crippen molar-refractivity contribution in [3.05, 3.63) is 34.3 Å². The van der Waals surface area contributed by atoms with Gasteiger partial charge in [-0.05, 0) is 30.5 Å². The third kappa shape index (κ3) is 2.87. The van der Waals surface area contributed by atoms with E-state index in [-0.39, 0.29) is 11.8 Å². The highest BCUT2D eigenvalue weighted by Crippen LogP contribution is 2.20. The quantitative estimate of drug-likeness (QED) is 0.864. The summed E-state index contributed by atoms with van der Waals surface area (Å²) in [7, 11) is 0. The van der Waals surface area contributed by atoms with Crippen LogP contribution in [0, 0.1) is 5.92 Å². The molecule has 1 fully saturated rings. The topological polar surface area (TPSA) is 40.5 Å². The van der Waals surface area contributed by atoms with Crippen LogP contribution in [0.3, 0.4) is 0 Å². The van der Waals surface area contributed by atoms with Crippen LogP contribution in [0.4, 0.5) is 0 Å². The molecule has 3 nitrogen and oxygen atoms in total. The molecule has 1 saturated heterocycles. The molecule has 0 spiro atoms. The van der Waals surface area contributed by atoms with Gasteiger partial charge in [-0.3, -0.25) is 4.79 Å². The Balaban J connectivity index is 2.10. The molecule has 2 unspecified atom stereocenters. The number of likely N-dealkylation sites (tertiary alicyclic amines) is 1. The molecule has 4 heteroatoms. The molecule has 0 bridgehead atoms. The highest BCUT2D eigenvalue weighted by Gasteiger charge is 2.27. The van der Waals surface area contributed by atoms with E-state index in [1.54, 1.807) is 11.0 Å². The van der Waals surface area contributed by atoms with Gasteiger partial charge in [-0.2, -0.15) is 0 Å². The molecule has 1 N–H and O–H groups in total. The fourth-order valence-corrected chi connectivity index (χ4v) is 2.44. The number of carbonyl (C=O) groups is 1. The molecular formula is C13H16BrNO2. The van der Waals surface area contributed by atoms with Gasteiger partial charge in [0, 0.05) is 23.1 Å². The fourth-order valence-electron chi connectivity index (χ4n) is 2.04. The zero-order chi connectivity index (χ0) is 12.4. The number of rotatable bonds is 1. The molecular weight excluding hydrogens is 282 g/mol. The molecule has 17 heavy (non-hydrogen) atoms. The van der Waals surface area contributed by atoms with Crippen LogP contribution in [0.1, 0.15) is 23.7 Å². The second-order valence-electron chi connectivity index (χ2n) is 4.59. The molecule has 1 aromatic carbocycles. The summed E-state index contributed by atoms with van der Waals surface area (Å²) in [5, 5.41) is 9.80. The Morgan fingerprint density at radius 2 is 2.29 bits per heavy atom. The number of β-amino-alcohol motifs (C(OH)–C–C–N with tert-alkyl or cyclic N) is 1. The number of aliphatic hydroxyl groups excluding tert-OH is 1. The van der Waals surface area contributed by atoms with Crippen molar-refractivity contribution in [2.45, 2.75) is 19.4 Å². The Labute approximate surface area is 110 Å². The maximum absolute atomic E-state index is 12.2. The second kappa shape index (κ2) is 5.19. The van der Waals surface area contributed by atoms with Gasteiger partial charge in [-0.1, -0.05) is 28.9 Å². The predicted octanol–water partition coefficient (Wildman–Crippen LogP) is 2.29. The van der Waals surface area contributed by atoms with E-state index in [0.29, 0.717) is 12.1 Å². The van der Waals surface area contributed by atoms with Gasteiger partial charge in [0.15, 0.2) is 0 Å². The maximum atomic E-state index is 12.2. The van der Waals surface area contributed by atoms with E-state index < -0.39 is 6.10 Å². The molecule has 1 aliphatic rings. The summed E-state index contributed by atoms with van der Waals surface area (Å²) in [5.74, 6) is 0.277. The van der Waals surface area contributed by atoms with Gasteiger partial charge in [0.25, 0.3) is 5.91 Å². The third-order valence-electron chi connectivity index (χ3n) is 3.28. The molecule has 92 valence electrons. The van der Waals surface area contributed by atoms with Crippen molar-refractivity contribution in [3.8, 4) is 0 Å². The van der Waals surface area contributed by atoms with Crippen LogP contribution < -0.4 is 0 Å². The van der Waals surface area contributed by atoms with E-state index >= 15 is 0 Å². The average Bonchev–Trinajstić information content (AvgIpc) is 2.32. The third-order valence-corrected chi connectivity index (χ3v) is 3.77. The maximum Gasteiger partial charge on any atom is 0.253 e. The summed E-state index contributed by atoms with van der Waals surface area (Å²) >= 11 is 3.36. The molecule has 2 atom stereocenters. The van der Waals surface area contributed by atoms with E-state index in [4.69, 9.17) is 0 Å². The highest BCUT2D eigenvalue weighted by molar-refractivity contribution is 9.10. The van der Waals surface area contributed by atoms with Crippen molar-refractivity contribution in [1.29, 1.82) is 0 Å².